The fourth-order valence-electron chi connectivity index (χ4n) is 3.99. The molecule has 0 bridgehead atoms. The van der Waals surface area contributed by atoms with Gasteiger partial charge in [-0.25, -0.2) is 19.0 Å². The number of amides is 2. The summed E-state index contributed by atoms with van der Waals surface area (Å²) in [5.41, 5.74) is -6.10. The van der Waals surface area contributed by atoms with Crippen LogP contribution in [0.2, 0.25) is 5.02 Å². The van der Waals surface area contributed by atoms with Crippen LogP contribution in [0.3, 0.4) is 0 Å². The number of rotatable bonds is 8. The predicted octanol–water partition coefficient (Wildman–Crippen LogP) is 7.32. The standard InChI is InChI=1S/C31H34ClF4N3O5/c1-28(2,3)44-26(40)37-18-30(42,31(34,35)36)25-16-21(15-24(38-25)20-12-13-23(33)22(32)14-20)29(4,5)39(6)27(41)43-17-19-10-8-7-9-11-19/h7-16,42H,17-18H2,1-6H3,(H,37,40). The monoisotopic (exact) mass is 639 g/mol. The summed E-state index contributed by atoms with van der Waals surface area (Å²) in [7, 11) is 1.40. The van der Waals surface area contributed by atoms with Gasteiger partial charge in [0, 0.05) is 12.6 Å². The normalized spacial score (nSPS) is 13.5. The van der Waals surface area contributed by atoms with E-state index >= 15 is 0 Å². The largest absolute Gasteiger partial charge is 0.445 e. The van der Waals surface area contributed by atoms with Crippen molar-refractivity contribution in [3.8, 4) is 11.3 Å². The number of aliphatic hydroxyl groups is 1. The van der Waals surface area contributed by atoms with Crippen molar-refractivity contribution in [3.05, 3.63) is 88.3 Å². The van der Waals surface area contributed by atoms with E-state index in [1.165, 1.54) is 50.9 Å². The van der Waals surface area contributed by atoms with Crippen molar-refractivity contribution in [2.75, 3.05) is 13.6 Å². The molecule has 0 spiro atoms. The highest BCUT2D eigenvalue weighted by Crippen LogP contribution is 2.41. The molecule has 238 valence electrons. The van der Waals surface area contributed by atoms with Gasteiger partial charge in [-0.3, -0.25) is 0 Å². The van der Waals surface area contributed by atoms with E-state index < -0.39 is 53.2 Å². The Morgan fingerprint density at radius 1 is 1.00 bits per heavy atom. The lowest BCUT2D eigenvalue weighted by Gasteiger charge is -2.37. The number of pyridine rings is 1. The topological polar surface area (TPSA) is 101 Å². The first kappa shape index (κ1) is 34.6. The maximum atomic E-state index is 14.6. The molecule has 3 aromatic rings. The maximum absolute atomic E-state index is 14.6. The third kappa shape index (κ3) is 8.17. The molecule has 13 heteroatoms. The van der Waals surface area contributed by atoms with Crippen molar-refractivity contribution in [3.63, 3.8) is 0 Å². The second-order valence-electron chi connectivity index (χ2n) is 11.6. The molecule has 0 aliphatic carbocycles. The minimum atomic E-state index is -5.34. The van der Waals surface area contributed by atoms with Gasteiger partial charge in [0.2, 0.25) is 5.60 Å². The Bertz CT molecular complexity index is 1500. The number of carbonyl (C=O) groups excluding carboxylic acids is 2. The van der Waals surface area contributed by atoms with Crippen LogP contribution in [0.15, 0.2) is 60.7 Å². The minimum Gasteiger partial charge on any atom is -0.445 e. The van der Waals surface area contributed by atoms with E-state index in [-0.39, 0.29) is 28.5 Å². The van der Waals surface area contributed by atoms with Gasteiger partial charge in [-0.05, 0) is 76.1 Å². The number of aromatic nitrogens is 1. The number of nitrogens with zero attached hydrogens (tertiary/aromatic N) is 2. The Morgan fingerprint density at radius 3 is 2.20 bits per heavy atom. The maximum Gasteiger partial charge on any atom is 0.424 e. The van der Waals surface area contributed by atoms with Crippen molar-refractivity contribution in [2.45, 2.75) is 64.1 Å². The molecule has 2 N–H and O–H groups in total. The Balaban J connectivity index is 2.10. The number of benzene rings is 2. The highest BCUT2D eigenvalue weighted by atomic mass is 35.5. The molecule has 0 radical (unpaired) electrons. The zero-order chi connectivity index (χ0) is 33.1. The predicted molar refractivity (Wildman–Crippen MR) is 156 cm³/mol. The zero-order valence-corrected chi connectivity index (χ0v) is 25.8. The van der Waals surface area contributed by atoms with Gasteiger partial charge in [0.05, 0.1) is 28.5 Å². The molecule has 1 aromatic heterocycles. The molecule has 1 unspecified atom stereocenters. The van der Waals surface area contributed by atoms with Crippen LogP contribution in [0.1, 0.15) is 51.4 Å². The molecule has 0 saturated heterocycles. The summed E-state index contributed by atoms with van der Waals surface area (Å²) in [6.07, 6.45) is -7.31. The van der Waals surface area contributed by atoms with Crippen LogP contribution in [-0.2, 0) is 27.2 Å². The molecule has 44 heavy (non-hydrogen) atoms. The van der Waals surface area contributed by atoms with Gasteiger partial charge in [-0.1, -0.05) is 41.9 Å². The van der Waals surface area contributed by atoms with Gasteiger partial charge in [0.15, 0.2) is 0 Å². The number of halogens is 5. The molecule has 2 amide bonds. The first-order valence-electron chi connectivity index (χ1n) is 13.4. The van der Waals surface area contributed by atoms with E-state index in [2.05, 4.69) is 4.98 Å². The lowest BCUT2D eigenvalue weighted by Crippen LogP contribution is -2.52. The van der Waals surface area contributed by atoms with Gasteiger partial charge in [0.25, 0.3) is 0 Å². The number of hydrogen-bond acceptors (Lipinski definition) is 6. The molecule has 1 heterocycles. The molecule has 0 aliphatic heterocycles. The van der Waals surface area contributed by atoms with Crippen LogP contribution in [-0.4, -0.2) is 52.5 Å². The molecule has 0 fully saturated rings. The molecule has 1 atom stereocenters. The van der Waals surface area contributed by atoms with E-state index in [4.69, 9.17) is 21.1 Å². The Morgan fingerprint density at radius 2 is 1.64 bits per heavy atom. The van der Waals surface area contributed by atoms with Crippen LogP contribution in [0.25, 0.3) is 11.3 Å². The van der Waals surface area contributed by atoms with E-state index in [1.54, 1.807) is 44.2 Å². The van der Waals surface area contributed by atoms with Gasteiger partial charge in [-0.2, -0.15) is 13.2 Å². The van der Waals surface area contributed by atoms with Crippen LogP contribution in [0.5, 0.6) is 0 Å². The highest BCUT2D eigenvalue weighted by molar-refractivity contribution is 6.31. The van der Waals surface area contributed by atoms with E-state index in [1.807, 2.05) is 5.32 Å². The average Bonchev–Trinajstić information content (AvgIpc) is 2.94. The first-order chi connectivity index (χ1) is 20.2. The van der Waals surface area contributed by atoms with Crippen LogP contribution >= 0.6 is 11.6 Å². The number of nitrogens with one attached hydrogen (secondary N) is 1. The van der Waals surface area contributed by atoms with Crippen LogP contribution in [0, 0.1) is 5.82 Å². The fraction of sp³-hybridized carbons (Fsp3) is 0.387. The Kier molecular flexibility index (Phi) is 10.2. The van der Waals surface area contributed by atoms with Crippen LogP contribution in [0.4, 0.5) is 27.2 Å². The smallest absolute Gasteiger partial charge is 0.424 e. The number of carbonyl (C=O) groups is 2. The third-order valence-electron chi connectivity index (χ3n) is 6.84. The van der Waals surface area contributed by atoms with Crippen molar-refractivity contribution < 1.29 is 41.7 Å². The SMILES string of the molecule is CN(C(=O)OCc1ccccc1)C(C)(C)c1cc(-c2ccc(F)c(Cl)c2)nc(C(O)(CNC(=O)OC(C)(C)C)C(F)(F)F)c1. The van der Waals surface area contributed by atoms with E-state index in [0.29, 0.717) is 0 Å². The molecular formula is C31H34ClF4N3O5. The molecule has 2 aromatic carbocycles. The molecule has 0 aliphatic rings. The molecule has 3 rings (SSSR count). The lowest BCUT2D eigenvalue weighted by molar-refractivity contribution is -0.265. The van der Waals surface area contributed by atoms with Crippen molar-refractivity contribution in [1.29, 1.82) is 0 Å². The lowest BCUT2D eigenvalue weighted by atomic mass is 9.88. The second kappa shape index (κ2) is 13.0. The third-order valence-corrected chi connectivity index (χ3v) is 7.13. The van der Waals surface area contributed by atoms with Gasteiger partial charge < -0.3 is 24.8 Å². The molecular weight excluding hydrogens is 606 g/mol. The summed E-state index contributed by atoms with van der Waals surface area (Å²) in [6.45, 7) is 6.29. The quantitative estimate of drug-likeness (QED) is 0.251. The summed E-state index contributed by atoms with van der Waals surface area (Å²) in [5.74, 6) is -0.763. The van der Waals surface area contributed by atoms with Gasteiger partial charge in [0.1, 0.15) is 18.0 Å². The first-order valence-corrected chi connectivity index (χ1v) is 13.8. The van der Waals surface area contributed by atoms with Crippen molar-refractivity contribution in [1.82, 2.24) is 15.2 Å². The summed E-state index contributed by atoms with van der Waals surface area (Å²) in [6, 6.07) is 14.7. The second-order valence-corrected chi connectivity index (χ2v) is 12.0. The summed E-state index contributed by atoms with van der Waals surface area (Å²) in [5, 5.41) is 12.8. The van der Waals surface area contributed by atoms with Gasteiger partial charge in [-0.15, -0.1) is 0 Å². The van der Waals surface area contributed by atoms with Gasteiger partial charge >= 0.3 is 18.4 Å². The summed E-state index contributed by atoms with van der Waals surface area (Å²) < 4.78 is 68.1. The average molecular weight is 640 g/mol. The van der Waals surface area contributed by atoms with Crippen molar-refractivity contribution in [2.24, 2.45) is 0 Å². The number of alkyl halides is 3. The van der Waals surface area contributed by atoms with E-state index in [9.17, 15) is 32.3 Å². The van der Waals surface area contributed by atoms with Crippen LogP contribution < -0.4 is 5.32 Å². The van der Waals surface area contributed by atoms with Crippen molar-refractivity contribution >= 4 is 23.8 Å². The Hall–Kier alpha value is -3.90. The zero-order valence-electron chi connectivity index (χ0n) is 25.1. The molecule has 0 saturated carbocycles. The number of alkyl carbamates (subject to hydrolysis) is 1. The summed E-state index contributed by atoms with van der Waals surface area (Å²) in [4.78, 5) is 30.5. The molecule has 8 nitrogen and oxygen atoms in total. The number of hydrogen-bond donors (Lipinski definition) is 2. The number of ether oxygens (including phenoxy) is 2. The van der Waals surface area contributed by atoms with E-state index in [0.717, 1.165) is 17.7 Å². The Labute approximate surface area is 257 Å². The highest BCUT2D eigenvalue weighted by Gasteiger charge is 2.57. The minimum absolute atomic E-state index is 0.0504. The fourth-order valence-corrected chi connectivity index (χ4v) is 4.17. The summed E-state index contributed by atoms with van der Waals surface area (Å²) >= 11 is 5.95.